The molecule has 6 nitrogen and oxygen atoms in total. The van der Waals surface area contributed by atoms with Crippen molar-refractivity contribution in [3.63, 3.8) is 0 Å². The number of nitrogens with one attached hydrogen (secondary N) is 1. The standard InChI is InChI=1S/C80H157NO5/c1-3-5-7-9-11-13-15-17-19-20-21-39-42-45-48-52-56-60-64-68-72-78(83)77(76-82)81-79(84)73-69-65-61-57-53-49-46-43-40-37-35-33-31-29-27-25-23-22-24-26-28-30-32-34-36-38-41-44-47-51-55-59-63-67-71-75-86-80(85)74-70-66-62-58-54-50-18-16-14-12-10-8-6-4-2/h68,72,77-78,82-83H,3-67,69-71,73-76H2,1-2H3,(H,81,84)/b72-68+. The molecule has 2 atom stereocenters. The SMILES string of the molecule is CCCCCCCCCCCCCCCCCCCC/C=C/C(O)C(CO)NC(=O)CCCCCCCCCCCCCCCCCCCCCCCCCCCCCCCCCCCCCOC(=O)CCCCCCCCCCCCCCCC. The molecule has 0 aliphatic carbocycles. The molecule has 2 unspecified atom stereocenters. The van der Waals surface area contributed by atoms with Gasteiger partial charge in [0.1, 0.15) is 0 Å². The van der Waals surface area contributed by atoms with E-state index in [1.54, 1.807) is 6.08 Å². The van der Waals surface area contributed by atoms with Crippen LogP contribution in [0.4, 0.5) is 0 Å². The van der Waals surface area contributed by atoms with Gasteiger partial charge in [-0.2, -0.15) is 0 Å². The lowest BCUT2D eigenvalue weighted by Gasteiger charge is -2.20. The average molecular weight is 1210 g/mol. The van der Waals surface area contributed by atoms with Crippen LogP contribution in [0.1, 0.15) is 463 Å². The predicted octanol–water partition coefficient (Wildman–Crippen LogP) is 26.3. The lowest BCUT2D eigenvalue weighted by molar-refractivity contribution is -0.143. The van der Waals surface area contributed by atoms with Gasteiger partial charge in [-0.3, -0.25) is 9.59 Å². The Balaban J connectivity index is 3.32. The summed E-state index contributed by atoms with van der Waals surface area (Å²) in [5, 5.41) is 23.3. The Hall–Kier alpha value is -1.40. The zero-order chi connectivity index (χ0) is 62.0. The van der Waals surface area contributed by atoms with Gasteiger partial charge in [-0.05, 0) is 32.1 Å². The van der Waals surface area contributed by atoms with Gasteiger partial charge in [0.05, 0.1) is 25.4 Å². The number of rotatable bonds is 76. The summed E-state index contributed by atoms with van der Waals surface area (Å²) in [6.07, 6.45) is 96.3. The highest BCUT2D eigenvalue weighted by atomic mass is 16.5. The number of aliphatic hydroxyl groups is 2. The minimum atomic E-state index is -0.841. The van der Waals surface area contributed by atoms with E-state index in [4.69, 9.17) is 4.74 Å². The molecule has 0 radical (unpaired) electrons. The monoisotopic (exact) mass is 1210 g/mol. The molecule has 0 aromatic carbocycles. The molecule has 0 fully saturated rings. The third-order valence-corrected chi connectivity index (χ3v) is 19.1. The van der Waals surface area contributed by atoms with E-state index in [1.807, 2.05) is 6.08 Å². The molecule has 1 amide bonds. The van der Waals surface area contributed by atoms with Gasteiger partial charge in [0.25, 0.3) is 0 Å². The molecule has 0 aliphatic rings. The Labute approximate surface area is 539 Å². The molecule has 0 heterocycles. The average Bonchev–Trinajstić information content (AvgIpc) is 3.58. The largest absolute Gasteiger partial charge is 0.466 e. The molecule has 0 aromatic rings. The van der Waals surface area contributed by atoms with E-state index in [0.29, 0.717) is 19.4 Å². The Bertz CT molecular complexity index is 1300. The number of aliphatic hydroxyl groups excluding tert-OH is 2. The summed E-state index contributed by atoms with van der Waals surface area (Å²) in [7, 11) is 0. The number of unbranched alkanes of at least 4 members (excludes halogenated alkanes) is 65. The van der Waals surface area contributed by atoms with E-state index in [-0.39, 0.29) is 18.5 Å². The molecule has 3 N–H and O–H groups in total. The second-order valence-electron chi connectivity index (χ2n) is 27.8. The fraction of sp³-hybridized carbons (Fsp3) is 0.950. The maximum atomic E-state index is 12.5. The normalized spacial score (nSPS) is 12.5. The van der Waals surface area contributed by atoms with Crippen LogP contribution in [0.5, 0.6) is 0 Å². The molecular weight excluding hydrogens is 1050 g/mol. The Morgan fingerprint density at radius 1 is 0.314 bits per heavy atom. The van der Waals surface area contributed by atoms with Crippen LogP contribution in [0.15, 0.2) is 12.2 Å². The van der Waals surface area contributed by atoms with E-state index in [2.05, 4.69) is 19.2 Å². The smallest absolute Gasteiger partial charge is 0.305 e. The van der Waals surface area contributed by atoms with Gasteiger partial charge < -0.3 is 20.3 Å². The molecule has 0 aromatic heterocycles. The Morgan fingerprint density at radius 2 is 0.535 bits per heavy atom. The van der Waals surface area contributed by atoms with Crippen molar-refractivity contribution in [2.75, 3.05) is 13.2 Å². The second kappa shape index (κ2) is 76.1. The quantitative estimate of drug-likeness (QED) is 0.0320. The van der Waals surface area contributed by atoms with E-state index in [0.717, 1.165) is 38.5 Å². The Morgan fingerprint density at radius 3 is 0.791 bits per heavy atom. The van der Waals surface area contributed by atoms with Gasteiger partial charge in [0, 0.05) is 12.8 Å². The third-order valence-electron chi connectivity index (χ3n) is 19.1. The van der Waals surface area contributed by atoms with Crippen LogP contribution in [0.25, 0.3) is 0 Å². The third kappa shape index (κ3) is 71.7. The minimum absolute atomic E-state index is 0.0258. The van der Waals surface area contributed by atoms with Crippen molar-refractivity contribution in [1.29, 1.82) is 0 Å². The highest BCUT2D eigenvalue weighted by molar-refractivity contribution is 5.76. The molecule has 512 valence electrons. The van der Waals surface area contributed by atoms with Crippen molar-refractivity contribution in [2.24, 2.45) is 0 Å². The van der Waals surface area contributed by atoms with Gasteiger partial charge in [0.15, 0.2) is 0 Å². The number of hydrogen-bond donors (Lipinski definition) is 3. The number of carbonyl (C=O) groups excluding carboxylic acids is 2. The first-order valence-electron chi connectivity index (χ1n) is 40.0. The number of hydrogen-bond acceptors (Lipinski definition) is 5. The number of carbonyl (C=O) groups is 2. The number of allylic oxidation sites excluding steroid dienone is 1. The van der Waals surface area contributed by atoms with Crippen LogP contribution < -0.4 is 5.32 Å². The highest BCUT2D eigenvalue weighted by Crippen LogP contribution is 2.20. The van der Waals surface area contributed by atoms with Crippen LogP contribution in [-0.4, -0.2) is 47.4 Å². The van der Waals surface area contributed by atoms with E-state index in [9.17, 15) is 19.8 Å². The Kier molecular flexibility index (Phi) is 74.8. The molecule has 86 heavy (non-hydrogen) atoms. The van der Waals surface area contributed by atoms with Crippen molar-refractivity contribution in [3.8, 4) is 0 Å². The first-order chi connectivity index (χ1) is 42.5. The molecular formula is C80H157NO5. The molecule has 0 bridgehead atoms. The molecule has 0 aliphatic heterocycles. The van der Waals surface area contributed by atoms with Gasteiger partial charge in [0.2, 0.25) is 5.91 Å². The van der Waals surface area contributed by atoms with E-state index >= 15 is 0 Å². The lowest BCUT2D eigenvalue weighted by atomic mass is 10.0. The summed E-state index contributed by atoms with van der Waals surface area (Å²) in [4.78, 5) is 24.6. The van der Waals surface area contributed by atoms with E-state index in [1.165, 1.54) is 398 Å². The zero-order valence-electron chi connectivity index (χ0n) is 58.8. The number of amides is 1. The fourth-order valence-corrected chi connectivity index (χ4v) is 13.0. The summed E-state index contributed by atoms with van der Waals surface area (Å²) in [5.41, 5.74) is 0. The van der Waals surface area contributed by atoms with Gasteiger partial charge in [-0.15, -0.1) is 0 Å². The predicted molar refractivity (Wildman–Crippen MR) is 380 cm³/mol. The highest BCUT2D eigenvalue weighted by Gasteiger charge is 2.18. The van der Waals surface area contributed by atoms with Crippen LogP contribution in [0, 0.1) is 0 Å². The molecule has 0 rings (SSSR count). The fourth-order valence-electron chi connectivity index (χ4n) is 13.0. The van der Waals surface area contributed by atoms with Crippen molar-refractivity contribution in [2.45, 2.75) is 475 Å². The minimum Gasteiger partial charge on any atom is -0.466 e. The first kappa shape index (κ1) is 84.6. The van der Waals surface area contributed by atoms with Crippen LogP contribution in [0.3, 0.4) is 0 Å². The molecule has 6 heteroatoms. The molecule has 0 spiro atoms. The maximum absolute atomic E-state index is 12.5. The van der Waals surface area contributed by atoms with Crippen molar-refractivity contribution < 1.29 is 24.5 Å². The zero-order valence-corrected chi connectivity index (χ0v) is 58.8. The molecule has 0 saturated carbocycles. The van der Waals surface area contributed by atoms with Crippen LogP contribution >= 0.6 is 0 Å². The summed E-state index contributed by atoms with van der Waals surface area (Å²) < 4.78 is 5.50. The van der Waals surface area contributed by atoms with Crippen LogP contribution in [0.2, 0.25) is 0 Å². The molecule has 0 saturated heterocycles. The summed E-state index contributed by atoms with van der Waals surface area (Å²) in [6, 6.07) is -0.624. The second-order valence-corrected chi connectivity index (χ2v) is 27.8. The summed E-state index contributed by atoms with van der Waals surface area (Å²) in [6.45, 7) is 4.96. The lowest BCUT2D eigenvalue weighted by Crippen LogP contribution is -2.45. The number of ether oxygens (including phenoxy) is 1. The van der Waals surface area contributed by atoms with Crippen molar-refractivity contribution in [1.82, 2.24) is 5.32 Å². The van der Waals surface area contributed by atoms with Crippen LogP contribution in [-0.2, 0) is 14.3 Å². The van der Waals surface area contributed by atoms with Crippen molar-refractivity contribution >= 4 is 11.9 Å². The van der Waals surface area contributed by atoms with Crippen molar-refractivity contribution in [3.05, 3.63) is 12.2 Å². The van der Waals surface area contributed by atoms with Gasteiger partial charge >= 0.3 is 5.97 Å². The number of esters is 1. The maximum Gasteiger partial charge on any atom is 0.305 e. The van der Waals surface area contributed by atoms with Gasteiger partial charge in [-0.1, -0.05) is 431 Å². The summed E-state index contributed by atoms with van der Waals surface area (Å²) >= 11 is 0. The topological polar surface area (TPSA) is 95.9 Å². The first-order valence-corrected chi connectivity index (χ1v) is 40.0. The van der Waals surface area contributed by atoms with Gasteiger partial charge in [-0.25, -0.2) is 0 Å². The summed E-state index contributed by atoms with van der Waals surface area (Å²) in [5.74, 6) is -0.0318. The van der Waals surface area contributed by atoms with E-state index < -0.39 is 12.1 Å².